The predicted molar refractivity (Wildman–Crippen MR) is 80.0 cm³/mol. The molecule has 21 heavy (non-hydrogen) atoms. The minimum absolute atomic E-state index is 0.102. The van der Waals surface area contributed by atoms with Crippen molar-refractivity contribution in [2.24, 2.45) is 5.11 Å². The van der Waals surface area contributed by atoms with Gasteiger partial charge in [-0.2, -0.15) is 0 Å². The summed E-state index contributed by atoms with van der Waals surface area (Å²) < 4.78 is 11.0. The van der Waals surface area contributed by atoms with Crippen molar-refractivity contribution in [3.63, 3.8) is 0 Å². The summed E-state index contributed by atoms with van der Waals surface area (Å²) in [6.45, 7) is 7.83. The highest BCUT2D eigenvalue weighted by molar-refractivity contribution is 5.68. The number of nitrogens with one attached hydrogen (secondary N) is 1. The summed E-state index contributed by atoms with van der Waals surface area (Å²) in [6, 6.07) is 0.00173. The number of ether oxygens (including phenoxy) is 2. The van der Waals surface area contributed by atoms with Crippen LogP contribution < -0.4 is 5.32 Å². The summed E-state index contributed by atoms with van der Waals surface area (Å²) in [5.41, 5.74) is 7.90. The molecule has 1 amide bonds. The molecule has 0 aromatic carbocycles. The number of nitrogens with zero attached hydrogens (tertiary/aromatic N) is 3. The fraction of sp³-hybridized carbons (Fsp3) is 0.929. The van der Waals surface area contributed by atoms with E-state index in [0.717, 1.165) is 25.7 Å². The first-order valence-electron chi connectivity index (χ1n) is 7.45. The lowest BCUT2D eigenvalue weighted by Gasteiger charge is -2.27. The predicted octanol–water partition coefficient (Wildman–Crippen LogP) is 3.54. The number of carbonyl (C=O) groups is 1. The Bertz CT molecular complexity index is 380. The summed E-state index contributed by atoms with van der Waals surface area (Å²) in [5.74, 6) is 0. The summed E-state index contributed by atoms with van der Waals surface area (Å²) in [4.78, 5) is 14.4. The molecule has 0 aliphatic heterocycles. The van der Waals surface area contributed by atoms with Crippen LogP contribution >= 0.6 is 0 Å². The van der Waals surface area contributed by atoms with E-state index in [0.29, 0.717) is 6.61 Å². The van der Waals surface area contributed by atoms with Gasteiger partial charge in [-0.05, 0) is 58.9 Å². The van der Waals surface area contributed by atoms with E-state index in [-0.39, 0.29) is 18.2 Å². The second kappa shape index (κ2) is 8.10. The average Bonchev–Trinajstić information content (AvgIpc) is 2.36. The van der Waals surface area contributed by atoms with E-state index < -0.39 is 11.7 Å². The molecular weight excluding hydrogens is 272 g/mol. The quantitative estimate of drug-likeness (QED) is 0.477. The molecule has 7 heteroatoms. The van der Waals surface area contributed by atoms with Crippen LogP contribution in [0.3, 0.4) is 0 Å². The lowest BCUT2D eigenvalue weighted by molar-refractivity contribution is 0.00994. The zero-order valence-electron chi connectivity index (χ0n) is 13.3. The Morgan fingerprint density at radius 1 is 1.38 bits per heavy atom. The molecular formula is C14H26N4O3. The molecule has 1 aliphatic rings. The molecule has 0 aromatic heterocycles. The molecule has 0 aromatic rings. The highest BCUT2D eigenvalue weighted by atomic mass is 16.6. The van der Waals surface area contributed by atoms with Crippen LogP contribution in [0, 0.1) is 0 Å². The first kappa shape index (κ1) is 17.6. The molecule has 1 saturated carbocycles. The highest BCUT2D eigenvalue weighted by Crippen LogP contribution is 2.23. The van der Waals surface area contributed by atoms with Gasteiger partial charge in [0, 0.05) is 11.0 Å². The van der Waals surface area contributed by atoms with Gasteiger partial charge in [0.15, 0.2) is 0 Å². The monoisotopic (exact) mass is 298 g/mol. The molecule has 1 N–H and O–H groups in total. The molecule has 0 saturated heterocycles. The zero-order chi connectivity index (χ0) is 15.9. The van der Waals surface area contributed by atoms with Gasteiger partial charge in [-0.25, -0.2) is 4.79 Å². The Labute approximate surface area is 126 Å². The van der Waals surface area contributed by atoms with E-state index in [4.69, 9.17) is 15.0 Å². The molecule has 1 atom stereocenters. The lowest BCUT2D eigenvalue weighted by Crippen LogP contribution is -2.40. The first-order chi connectivity index (χ1) is 9.80. The van der Waals surface area contributed by atoms with Crippen molar-refractivity contribution < 1.29 is 14.3 Å². The van der Waals surface area contributed by atoms with E-state index >= 15 is 0 Å². The van der Waals surface area contributed by atoms with E-state index in [1.165, 1.54) is 0 Å². The highest BCUT2D eigenvalue weighted by Gasteiger charge is 2.22. The van der Waals surface area contributed by atoms with Gasteiger partial charge in [-0.1, -0.05) is 5.11 Å². The van der Waals surface area contributed by atoms with Crippen molar-refractivity contribution in [2.75, 3.05) is 6.61 Å². The normalized spacial score (nSPS) is 23.8. The molecule has 0 spiro atoms. The Morgan fingerprint density at radius 2 is 2.00 bits per heavy atom. The van der Waals surface area contributed by atoms with Crippen LogP contribution in [-0.2, 0) is 9.47 Å². The van der Waals surface area contributed by atoms with E-state index in [2.05, 4.69) is 15.3 Å². The van der Waals surface area contributed by atoms with Gasteiger partial charge >= 0.3 is 6.09 Å². The lowest BCUT2D eigenvalue weighted by atomic mass is 9.93. The molecule has 0 unspecified atom stereocenters. The van der Waals surface area contributed by atoms with E-state index in [1.807, 2.05) is 27.7 Å². The van der Waals surface area contributed by atoms with Crippen molar-refractivity contribution in [3.8, 4) is 0 Å². The van der Waals surface area contributed by atoms with Crippen LogP contribution in [0.1, 0.15) is 53.4 Å². The van der Waals surface area contributed by atoms with Crippen LogP contribution in [-0.4, -0.2) is 36.5 Å². The van der Waals surface area contributed by atoms with Crippen LogP contribution in [0.2, 0.25) is 0 Å². The number of hydrogen-bond donors (Lipinski definition) is 1. The van der Waals surface area contributed by atoms with Crippen molar-refractivity contribution in [2.45, 2.75) is 77.2 Å². The molecule has 7 nitrogen and oxygen atoms in total. The fourth-order valence-corrected chi connectivity index (χ4v) is 2.23. The Kier molecular flexibility index (Phi) is 6.78. The molecule has 1 aliphatic carbocycles. The average molecular weight is 298 g/mol. The van der Waals surface area contributed by atoms with Gasteiger partial charge < -0.3 is 14.8 Å². The van der Waals surface area contributed by atoms with Crippen molar-refractivity contribution in [1.82, 2.24) is 5.32 Å². The first-order valence-corrected chi connectivity index (χ1v) is 7.45. The Balaban J connectivity index is 2.20. The number of hydrogen-bond acceptors (Lipinski definition) is 4. The van der Waals surface area contributed by atoms with Crippen LogP contribution in [0.25, 0.3) is 10.4 Å². The zero-order valence-corrected chi connectivity index (χ0v) is 13.3. The largest absolute Gasteiger partial charge is 0.444 e. The fourth-order valence-electron chi connectivity index (χ4n) is 2.23. The number of carbonyl (C=O) groups excluding carboxylic acids is 1. The second-order valence-electron chi connectivity index (χ2n) is 6.52. The van der Waals surface area contributed by atoms with Gasteiger partial charge in [0.25, 0.3) is 0 Å². The topological polar surface area (TPSA) is 96.3 Å². The molecule has 1 rings (SSSR count). The number of rotatable bonds is 5. The number of azide groups is 1. The maximum Gasteiger partial charge on any atom is 0.407 e. The maximum atomic E-state index is 11.6. The summed E-state index contributed by atoms with van der Waals surface area (Å²) in [7, 11) is 0. The second-order valence-corrected chi connectivity index (χ2v) is 6.52. The molecule has 0 radical (unpaired) electrons. The molecule has 0 bridgehead atoms. The summed E-state index contributed by atoms with van der Waals surface area (Å²) in [5, 5.41) is 6.49. The van der Waals surface area contributed by atoms with Gasteiger partial charge in [0.1, 0.15) is 5.60 Å². The van der Waals surface area contributed by atoms with Gasteiger partial charge in [-0.15, -0.1) is 0 Å². The third-order valence-electron chi connectivity index (χ3n) is 3.20. The SMILES string of the molecule is C[C@@H](COC1CCC(N=[N+]=[N-])CC1)NC(=O)OC(C)(C)C. The van der Waals surface area contributed by atoms with Crippen molar-refractivity contribution in [1.29, 1.82) is 0 Å². The Morgan fingerprint density at radius 3 is 2.52 bits per heavy atom. The minimum atomic E-state index is -0.496. The molecule has 0 heterocycles. The minimum Gasteiger partial charge on any atom is -0.444 e. The van der Waals surface area contributed by atoms with E-state index in [9.17, 15) is 4.79 Å². The smallest absolute Gasteiger partial charge is 0.407 e. The van der Waals surface area contributed by atoms with Gasteiger partial charge in [-0.3, -0.25) is 0 Å². The summed E-state index contributed by atoms with van der Waals surface area (Å²) in [6.07, 6.45) is 3.26. The third kappa shape index (κ3) is 7.78. The van der Waals surface area contributed by atoms with E-state index in [1.54, 1.807) is 0 Å². The summed E-state index contributed by atoms with van der Waals surface area (Å²) >= 11 is 0. The van der Waals surface area contributed by atoms with Crippen LogP contribution in [0.4, 0.5) is 4.79 Å². The standard InChI is InChI=1S/C14H26N4O3/c1-10(16-13(19)21-14(2,3)4)9-20-12-7-5-11(6-8-12)17-18-15/h10-12H,5-9H2,1-4H3,(H,16,19)/t10-,11?,12?/m0/s1. The Hall–Kier alpha value is -1.46. The van der Waals surface area contributed by atoms with Crippen LogP contribution in [0.15, 0.2) is 5.11 Å². The molecule has 1 fully saturated rings. The molecule has 120 valence electrons. The van der Waals surface area contributed by atoms with Crippen molar-refractivity contribution in [3.05, 3.63) is 10.4 Å². The van der Waals surface area contributed by atoms with Gasteiger partial charge in [0.2, 0.25) is 0 Å². The maximum absolute atomic E-state index is 11.6. The van der Waals surface area contributed by atoms with Crippen molar-refractivity contribution >= 4 is 6.09 Å². The number of alkyl carbamates (subject to hydrolysis) is 1. The third-order valence-corrected chi connectivity index (χ3v) is 3.20. The number of amides is 1. The van der Waals surface area contributed by atoms with Crippen LogP contribution in [0.5, 0.6) is 0 Å². The van der Waals surface area contributed by atoms with Gasteiger partial charge in [0.05, 0.1) is 18.8 Å².